The zero-order chi connectivity index (χ0) is 13.3. The summed E-state index contributed by atoms with van der Waals surface area (Å²) in [6.45, 7) is 0. The molecule has 1 amide bonds. The molecule has 0 aliphatic carbocycles. The van der Waals surface area contributed by atoms with Crippen molar-refractivity contribution in [3.63, 3.8) is 0 Å². The highest BCUT2D eigenvalue weighted by Gasteiger charge is 2.13. The molecule has 0 aliphatic rings. The number of carbonyl (C=O) groups excluding carboxylic acids is 1. The van der Waals surface area contributed by atoms with Gasteiger partial charge in [0.05, 0.1) is 21.8 Å². The van der Waals surface area contributed by atoms with E-state index in [1.807, 2.05) is 0 Å². The minimum atomic E-state index is -0.594. The van der Waals surface area contributed by atoms with Gasteiger partial charge >= 0.3 is 0 Å². The largest absolute Gasteiger partial charge is 0.366 e. The molecule has 0 fully saturated rings. The van der Waals surface area contributed by atoms with Gasteiger partial charge in [0.2, 0.25) is 0 Å². The van der Waals surface area contributed by atoms with Gasteiger partial charge in [-0.05, 0) is 6.07 Å². The molecule has 5 N–H and O–H groups in total. The first kappa shape index (κ1) is 12.6. The van der Waals surface area contributed by atoms with Crippen molar-refractivity contribution in [1.29, 1.82) is 0 Å². The fourth-order valence-electron chi connectivity index (χ4n) is 1.28. The molecule has 18 heavy (non-hydrogen) atoms. The predicted molar refractivity (Wildman–Crippen MR) is 67.7 cm³/mol. The number of rotatable bonds is 3. The fourth-order valence-corrected chi connectivity index (χ4v) is 1.78. The van der Waals surface area contributed by atoms with Crippen LogP contribution in [0.1, 0.15) is 10.4 Å². The summed E-state index contributed by atoms with van der Waals surface area (Å²) in [5.74, 6) is 5.19. The number of aromatic nitrogens is 3. The van der Waals surface area contributed by atoms with Crippen molar-refractivity contribution in [1.82, 2.24) is 14.8 Å². The molecule has 0 unspecified atom stereocenters. The first-order valence-corrected chi connectivity index (χ1v) is 5.46. The summed E-state index contributed by atoms with van der Waals surface area (Å²) in [6.07, 6.45) is 2.72. The molecule has 2 aromatic heterocycles. The maximum atomic E-state index is 11.0. The second-order valence-electron chi connectivity index (χ2n) is 3.31. The molecule has 94 valence electrons. The molecule has 0 atom stereocenters. The molecule has 0 radical (unpaired) electrons. The van der Waals surface area contributed by atoms with E-state index < -0.39 is 5.91 Å². The third-order valence-electron chi connectivity index (χ3n) is 2.13. The molecule has 0 spiro atoms. The Hall–Kier alpha value is -1.83. The Balaban J connectivity index is 2.52. The van der Waals surface area contributed by atoms with Gasteiger partial charge in [0.1, 0.15) is 0 Å². The number of hydrogen-bond donors (Lipinski definition) is 3. The van der Waals surface area contributed by atoms with Crippen LogP contribution >= 0.6 is 23.2 Å². The van der Waals surface area contributed by atoms with Crippen LogP contribution in [0.3, 0.4) is 0 Å². The van der Waals surface area contributed by atoms with Crippen LogP contribution < -0.4 is 17.0 Å². The number of nitrogens with two attached hydrogens (primary N) is 2. The minimum absolute atomic E-state index is 0.241. The van der Waals surface area contributed by atoms with Crippen molar-refractivity contribution < 1.29 is 4.79 Å². The van der Waals surface area contributed by atoms with Crippen LogP contribution in [0.15, 0.2) is 18.5 Å². The average Bonchev–Trinajstić information content (AvgIpc) is 2.78. The highest BCUT2D eigenvalue weighted by atomic mass is 35.5. The van der Waals surface area contributed by atoms with Gasteiger partial charge in [-0.15, -0.1) is 0 Å². The van der Waals surface area contributed by atoms with Crippen LogP contribution in [0.5, 0.6) is 0 Å². The van der Waals surface area contributed by atoms with Gasteiger partial charge in [0.25, 0.3) is 5.91 Å². The standard InChI is InChI=1S/C9H8Cl2N6O/c10-5-1-6(11)9(15-8(5)16-13)17-3-4(2-14-17)7(12)18/h1-3H,13H2,(H2,12,18)(H,15,16). The van der Waals surface area contributed by atoms with Gasteiger partial charge in [0, 0.05) is 6.20 Å². The number of pyridine rings is 1. The van der Waals surface area contributed by atoms with E-state index in [9.17, 15) is 4.79 Å². The van der Waals surface area contributed by atoms with E-state index in [1.165, 1.54) is 23.1 Å². The van der Waals surface area contributed by atoms with Crippen LogP contribution in [0.2, 0.25) is 10.0 Å². The smallest absolute Gasteiger partial charge is 0.251 e. The van der Waals surface area contributed by atoms with E-state index in [0.29, 0.717) is 0 Å². The number of amides is 1. The Labute approximate surface area is 112 Å². The van der Waals surface area contributed by atoms with Crippen LogP contribution in [0.4, 0.5) is 5.82 Å². The number of carbonyl (C=O) groups is 1. The summed E-state index contributed by atoms with van der Waals surface area (Å²) in [7, 11) is 0. The Morgan fingerprint density at radius 2 is 2.11 bits per heavy atom. The second kappa shape index (κ2) is 4.81. The quantitative estimate of drug-likeness (QED) is 0.575. The average molecular weight is 287 g/mol. The summed E-state index contributed by atoms with van der Waals surface area (Å²) < 4.78 is 1.31. The van der Waals surface area contributed by atoms with Gasteiger partial charge in [-0.2, -0.15) is 5.10 Å². The summed E-state index contributed by atoms with van der Waals surface area (Å²) in [6, 6.07) is 1.46. The maximum Gasteiger partial charge on any atom is 0.251 e. The lowest BCUT2D eigenvalue weighted by Crippen LogP contribution is -2.11. The molecule has 9 heteroatoms. The number of nitrogens with one attached hydrogen (secondary N) is 1. The zero-order valence-corrected chi connectivity index (χ0v) is 10.4. The molecular formula is C9H8Cl2N6O. The molecule has 0 aromatic carbocycles. The predicted octanol–water partition coefficient (Wildman–Crippen LogP) is 0.959. The van der Waals surface area contributed by atoms with Crippen molar-refractivity contribution in [2.45, 2.75) is 0 Å². The SMILES string of the molecule is NNc1nc(-n2cc(C(N)=O)cn2)c(Cl)cc1Cl. The minimum Gasteiger partial charge on any atom is -0.366 e. The molecule has 0 bridgehead atoms. The third kappa shape index (κ3) is 2.23. The molecule has 0 saturated heterocycles. The molecule has 0 aliphatic heterocycles. The first-order chi connectivity index (χ1) is 8.52. The van der Waals surface area contributed by atoms with Crippen molar-refractivity contribution in [3.8, 4) is 5.82 Å². The number of halogens is 2. The number of hydrazine groups is 1. The maximum absolute atomic E-state index is 11.0. The van der Waals surface area contributed by atoms with Crippen molar-refractivity contribution in [2.24, 2.45) is 11.6 Å². The van der Waals surface area contributed by atoms with Gasteiger partial charge in [-0.3, -0.25) is 4.79 Å². The van der Waals surface area contributed by atoms with Gasteiger partial charge in [-0.1, -0.05) is 23.2 Å². The van der Waals surface area contributed by atoms with E-state index in [1.54, 1.807) is 0 Å². The van der Waals surface area contributed by atoms with E-state index in [0.717, 1.165) is 0 Å². The number of nitrogen functional groups attached to an aromatic ring is 1. The fraction of sp³-hybridized carbons (Fsp3) is 0. The lowest BCUT2D eigenvalue weighted by molar-refractivity contribution is 0.100. The second-order valence-corrected chi connectivity index (χ2v) is 4.12. The van der Waals surface area contributed by atoms with Crippen LogP contribution in [-0.2, 0) is 0 Å². The van der Waals surface area contributed by atoms with Crippen LogP contribution in [0.25, 0.3) is 5.82 Å². The van der Waals surface area contributed by atoms with Crippen LogP contribution in [-0.4, -0.2) is 20.7 Å². The van der Waals surface area contributed by atoms with Crippen LogP contribution in [0, 0.1) is 0 Å². The molecule has 2 aromatic rings. The summed E-state index contributed by atoms with van der Waals surface area (Å²) >= 11 is 11.8. The summed E-state index contributed by atoms with van der Waals surface area (Å²) in [4.78, 5) is 15.1. The first-order valence-electron chi connectivity index (χ1n) is 4.70. The number of primary amides is 1. The summed E-state index contributed by atoms with van der Waals surface area (Å²) in [5, 5.41) is 4.46. The number of nitrogens with zero attached hydrogens (tertiary/aromatic N) is 3. The molecule has 7 nitrogen and oxygen atoms in total. The van der Waals surface area contributed by atoms with Gasteiger partial charge in [-0.25, -0.2) is 15.5 Å². The Kier molecular flexibility index (Phi) is 3.37. The Morgan fingerprint density at radius 3 is 2.67 bits per heavy atom. The van der Waals surface area contributed by atoms with Gasteiger partial charge < -0.3 is 11.2 Å². The molecule has 2 rings (SSSR count). The van der Waals surface area contributed by atoms with E-state index in [-0.39, 0.29) is 27.2 Å². The highest BCUT2D eigenvalue weighted by molar-refractivity contribution is 6.36. The number of anilines is 1. The van der Waals surface area contributed by atoms with Crippen molar-refractivity contribution in [3.05, 3.63) is 34.1 Å². The Bertz CT molecular complexity index is 611. The normalized spacial score (nSPS) is 10.4. The van der Waals surface area contributed by atoms with Gasteiger partial charge in [0.15, 0.2) is 11.6 Å². The lowest BCUT2D eigenvalue weighted by atomic mass is 10.3. The van der Waals surface area contributed by atoms with E-state index >= 15 is 0 Å². The van der Waals surface area contributed by atoms with E-state index in [2.05, 4.69) is 15.5 Å². The molecule has 0 saturated carbocycles. The Morgan fingerprint density at radius 1 is 1.39 bits per heavy atom. The monoisotopic (exact) mass is 286 g/mol. The zero-order valence-electron chi connectivity index (χ0n) is 8.89. The third-order valence-corrected chi connectivity index (χ3v) is 2.70. The molecular weight excluding hydrogens is 279 g/mol. The van der Waals surface area contributed by atoms with E-state index in [4.69, 9.17) is 34.8 Å². The topological polar surface area (TPSA) is 112 Å². The van der Waals surface area contributed by atoms with Crippen molar-refractivity contribution in [2.75, 3.05) is 5.43 Å². The molecule has 2 heterocycles. The highest BCUT2D eigenvalue weighted by Crippen LogP contribution is 2.27. The summed E-state index contributed by atoms with van der Waals surface area (Å²) in [5.41, 5.74) is 7.69. The lowest BCUT2D eigenvalue weighted by Gasteiger charge is -2.07. The number of hydrogen-bond acceptors (Lipinski definition) is 5. The van der Waals surface area contributed by atoms with Crippen molar-refractivity contribution >= 4 is 34.9 Å².